The molecule has 4 aromatic rings. The molecule has 7 heteroatoms. The van der Waals surface area contributed by atoms with E-state index in [1.165, 1.54) is 0 Å². The number of unbranched alkanes of at least 4 members (excludes halogenated alkanes) is 2. The lowest BCUT2D eigenvalue weighted by molar-refractivity contribution is -0.208. The summed E-state index contributed by atoms with van der Waals surface area (Å²) in [5.41, 5.74) is 4.11. The largest absolute Gasteiger partial charge is 0.489 e. The Bertz CT molecular complexity index is 1450. The van der Waals surface area contributed by atoms with Crippen molar-refractivity contribution in [2.24, 2.45) is 0 Å². The smallest absolute Gasteiger partial charge is 0.198 e. The van der Waals surface area contributed by atoms with E-state index < -0.39 is 24.6 Å². The summed E-state index contributed by atoms with van der Waals surface area (Å²) in [6.45, 7) is 4.24. The predicted molar refractivity (Wildman–Crippen MR) is 184 cm³/mol. The Kier molecular flexibility index (Phi) is 14.3. The molecule has 5 rings (SSSR count). The molecule has 0 aromatic heterocycles. The molecule has 0 N–H and O–H groups in total. The van der Waals surface area contributed by atoms with E-state index in [9.17, 15) is 0 Å². The summed E-state index contributed by atoms with van der Waals surface area (Å²) in [7, 11) is 0. The number of hydrogen-bond donors (Lipinski definition) is 0. The third-order valence-corrected chi connectivity index (χ3v) is 8.23. The molecular formula is C40H45ClO6. The second-order valence-corrected chi connectivity index (χ2v) is 12.0. The normalized spacial score (nSPS) is 19.8. The molecular weight excluding hydrogens is 612 g/mol. The van der Waals surface area contributed by atoms with Gasteiger partial charge < -0.3 is 28.4 Å². The van der Waals surface area contributed by atoms with Crippen LogP contribution in [0.3, 0.4) is 0 Å². The first-order valence-corrected chi connectivity index (χ1v) is 16.8. The molecule has 4 atom stereocenters. The van der Waals surface area contributed by atoms with Crippen molar-refractivity contribution in [1.82, 2.24) is 0 Å². The topological polar surface area (TPSA) is 55.4 Å². The van der Waals surface area contributed by atoms with Crippen molar-refractivity contribution in [1.29, 1.82) is 0 Å². The van der Waals surface area contributed by atoms with Crippen LogP contribution in [-0.4, -0.2) is 37.8 Å². The summed E-state index contributed by atoms with van der Waals surface area (Å²) in [4.78, 5) is 0. The number of hydrogen-bond acceptors (Lipinski definition) is 6. The highest BCUT2D eigenvalue weighted by atomic mass is 35.5. The average Bonchev–Trinajstić information content (AvgIpc) is 3.22. The van der Waals surface area contributed by atoms with Crippen LogP contribution in [0, 0.1) is 0 Å². The maximum Gasteiger partial charge on any atom is 0.198 e. The van der Waals surface area contributed by atoms with E-state index in [4.69, 9.17) is 40.0 Å². The summed E-state index contributed by atoms with van der Waals surface area (Å²) in [5.74, 6) is 0.440. The molecule has 6 nitrogen and oxygen atoms in total. The Morgan fingerprint density at radius 2 is 1.11 bits per heavy atom. The third kappa shape index (κ3) is 11.0. The molecule has 0 unspecified atom stereocenters. The highest BCUT2D eigenvalue weighted by Gasteiger charge is 2.44. The minimum absolute atomic E-state index is 0.227. The minimum atomic E-state index is -0.877. The first-order valence-electron chi connectivity index (χ1n) is 16.5. The van der Waals surface area contributed by atoms with Gasteiger partial charge in [0.25, 0.3) is 0 Å². The molecule has 1 heterocycles. The molecule has 0 bridgehead atoms. The molecule has 248 valence electrons. The minimum Gasteiger partial charge on any atom is -0.489 e. The van der Waals surface area contributed by atoms with Crippen molar-refractivity contribution in [3.8, 4) is 0 Å². The second kappa shape index (κ2) is 19.4. The zero-order valence-corrected chi connectivity index (χ0v) is 27.8. The highest BCUT2D eigenvalue weighted by Crippen LogP contribution is 2.35. The lowest BCUT2D eigenvalue weighted by Gasteiger charge is -2.32. The van der Waals surface area contributed by atoms with Crippen LogP contribution in [-0.2, 0) is 54.8 Å². The zero-order chi connectivity index (χ0) is 32.5. The van der Waals surface area contributed by atoms with Crippen LogP contribution >= 0.6 is 11.6 Å². The summed E-state index contributed by atoms with van der Waals surface area (Å²) in [6.07, 6.45) is 0.176. The van der Waals surface area contributed by atoms with Gasteiger partial charge in [0.05, 0.1) is 33.0 Å². The van der Waals surface area contributed by atoms with Crippen LogP contribution in [0.15, 0.2) is 132 Å². The Balaban J connectivity index is 1.48. The van der Waals surface area contributed by atoms with Gasteiger partial charge >= 0.3 is 0 Å². The van der Waals surface area contributed by atoms with Crippen molar-refractivity contribution < 1.29 is 28.4 Å². The van der Waals surface area contributed by atoms with E-state index in [2.05, 4.69) is 6.92 Å². The molecule has 0 radical (unpaired) electrons. The van der Waals surface area contributed by atoms with Gasteiger partial charge in [0.2, 0.25) is 0 Å². The number of benzene rings is 4. The van der Waals surface area contributed by atoms with E-state index in [-0.39, 0.29) is 6.61 Å². The molecule has 1 aliphatic heterocycles. The van der Waals surface area contributed by atoms with E-state index in [0.29, 0.717) is 43.8 Å². The van der Waals surface area contributed by atoms with E-state index in [0.717, 1.165) is 41.5 Å². The SMILES string of the molecule is CCCCCO[C@H]1O[C@H](COCc2ccccc2)[C@@H](OCc2ccccc2)[C@H](OCc2ccccc2)C(OCc2ccccc2)=C1Cl. The number of ether oxygens (including phenoxy) is 6. The molecule has 0 amide bonds. The van der Waals surface area contributed by atoms with Crippen molar-refractivity contribution in [2.45, 2.75) is 77.2 Å². The van der Waals surface area contributed by atoms with Crippen LogP contribution in [0.1, 0.15) is 48.4 Å². The van der Waals surface area contributed by atoms with Crippen LogP contribution in [0.5, 0.6) is 0 Å². The molecule has 0 fully saturated rings. The molecule has 47 heavy (non-hydrogen) atoms. The van der Waals surface area contributed by atoms with Gasteiger partial charge in [0.1, 0.15) is 35.7 Å². The van der Waals surface area contributed by atoms with Crippen molar-refractivity contribution in [3.05, 3.63) is 154 Å². The van der Waals surface area contributed by atoms with E-state index in [1.807, 2.05) is 121 Å². The lowest BCUT2D eigenvalue weighted by Crippen LogP contribution is -2.45. The Hall–Kier alpha value is -3.49. The van der Waals surface area contributed by atoms with Gasteiger partial charge in [-0.2, -0.15) is 0 Å². The van der Waals surface area contributed by atoms with E-state index >= 15 is 0 Å². The summed E-state index contributed by atoms with van der Waals surface area (Å²) in [6, 6.07) is 40.1. The van der Waals surface area contributed by atoms with Gasteiger partial charge in [-0.25, -0.2) is 0 Å². The lowest BCUT2D eigenvalue weighted by atomic mass is 10.1. The van der Waals surface area contributed by atoms with E-state index in [1.54, 1.807) is 0 Å². The number of rotatable bonds is 18. The molecule has 4 aromatic carbocycles. The fourth-order valence-electron chi connectivity index (χ4n) is 5.33. The second-order valence-electron chi connectivity index (χ2n) is 11.5. The molecule has 0 saturated heterocycles. The van der Waals surface area contributed by atoms with Gasteiger partial charge in [-0.05, 0) is 28.7 Å². The molecule has 0 spiro atoms. The molecule has 0 aliphatic carbocycles. The van der Waals surface area contributed by atoms with Gasteiger partial charge in [0, 0.05) is 0 Å². The first-order chi connectivity index (χ1) is 23.2. The van der Waals surface area contributed by atoms with Gasteiger partial charge in [-0.3, -0.25) is 0 Å². The maximum absolute atomic E-state index is 7.21. The fraction of sp³-hybridized carbons (Fsp3) is 0.350. The summed E-state index contributed by atoms with van der Waals surface area (Å²) in [5, 5.41) is 0.314. The third-order valence-electron chi connectivity index (χ3n) is 7.87. The molecule has 0 saturated carbocycles. The van der Waals surface area contributed by atoms with Crippen molar-refractivity contribution >= 4 is 11.6 Å². The monoisotopic (exact) mass is 656 g/mol. The summed E-state index contributed by atoms with van der Waals surface area (Å²) < 4.78 is 39.3. The zero-order valence-electron chi connectivity index (χ0n) is 27.0. The standard InChI is InChI=1S/C40H45ClO6/c1-2-3-16-25-43-40-36(41)38(45-28-33-21-12-6-13-22-33)39(46-29-34-23-14-7-15-24-34)37(44-27-32-19-10-5-11-20-32)35(47-40)30-42-26-31-17-8-4-9-18-31/h4-15,17-24,35,37,39-40H,2-3,16,25-30H2,1H3/t35-,37-,39+,40+/m1/s1. The van der Waals surface area contributed by atoms with Crippen LogP contribution < -0.4 is 0 Å². The first kappa shape index (κ1) is 34.8. The van der Waals surface area contributed by atoms with Gasteiger partial charge in [-0.1, -0.05) is 153 Å². The predicted octanol–water partition coefficient (Wildman–Crippen LogP) is 8.97. The van der Waals surface area contributed by atoms with Crippen LogP contribution in [0.25, 0.3) is 0 Å². The summed E-state index contributed by atoms with van der Waals surface area (Å²) >= 11 is 7.21. The average molecular weight is 657 g/mol. The quantitative estimate of drug-likeness (QED) is 0.0997. The highest BCUT2D eigenvalue weighted by molar-refractivity contribution is 6.30. The van der Waals surface area contributed by atoms with Crippen molar-refractivity contribution in [2.75, 3.05) is 13.2 Å². The maximum atomic E-state index is 7.21. The Labute approximate surface area is 284 Å². The van der Waals surface area contributed by atoms with Gasteiger partial charge in [0.15, 0.2) is 6.29 Å². The van der Waals surface area contributed by atoms with Gasteiger partial charge in [-0.15, -0.1) is 0 Å². The Morgan fingerprint density at radius 1 is 0.596 bits per heavy atom. The van der Waals surface area contributed by atoms with Crippen LogP contribution in [0.4, 0.5) is 0 Å². The van der Waals surface area contributed by atoms with Crippen molar-refractivity contribution in [3.63, 3.8) is 0 Å². The number of halogens is 1. The fourth-order valence-corrected chi connectivity index (χ4v) is 5.60. The Morgan fingerprint density at radius 3 is 1.66 bits per heavy atom. The van der Waals surface area contributed by atoms with Crippen LogP contribution in [0.2, 0.25) is 0 Å². The molecule has 1 aliphatic rings.